The van der Waals surface area contributed by atoms with Crippen molar-refractivity contribution >= 4 is 57.6 Å². The number of rotatable bonds is 11. The van der Waals surface area contributed by atoms with Gasteiger partial charge in [0, 0.05) is 27.1 Å². The van der Waals surface area contributed by atoms with Crippen LogP contribution in [0.5, 0.6) is 0 Å². The molecule has 6 rings (SSSR count). The number of thioether (sulfide) groups is 1. The molecule has 0 saturated carbocycles. The van der Waals surface area contributed by atoms with Crippen LogP contribution in [0.2, 0.25) is 0 Å². The fraction of sp³-hybridized carbons (Fsp3) is 0.0698. The van der Waals surface area contributed by atoms with E-state index in [1.54, 1.807) is 55.5 Å². The second-order valence-electron chi connectivity index (χ2n) is 11.9. The summed E-state index contributed by atoms with van der Waals surface area (Å²) in [5.74, 6) is -1.17. The minimum atomic E-state index is -0.512. The average molecular weight is 719 g/mol. The zero-order valence-corrected chi connectivity index (χ0v) is 30.1. The molecule has 0 aliphatic heterocycles. The maximum atomic E-state index is 13.7. The van der Waals surface area contributed by atoms with Crippen LogP contribution >= 0.6 is 23.1 Å². The second kappa shape index (κ2) is 16.7. The molecular weight excluding hydrogens is 685 g/mol. The van der Waals surface area contributed by atoms with Crippen molar-refractivity contribution in [2.24, 2.45) is 0 Å². The molecule has 52 heavy (non-hydrogen) atoms. The van der Waals surface area contributed by atoms with Gasteiger partial charge in [-0.2, -0.15) is 5.26 Å². The molecule has 1 aromatic heterocycles. The Kier molecular flexibility index (Phi) is 11.4. The van der Waals surface area contributed by atoms with Crippen LogP contribution < -0.4 is 16.0 Å². The van der Waals surface area contributed by atoms with Gasteiger partial charge in [0.25, 0.3) is 11.8 Å². The molecule has 256 valence electrons. The number of nitrogens with one attached hydrogen (secondary N) is 3. The maximum Gasteiger partial charge on any atom is 0.272 e. The van der Waals surface area contributed by atoms with Crippen molar-refractivity contribution in [1.82, 2.24) is 5.32 Å². The predicted molar refractivity (Wildman–Crippen MR) is 212 cm³/mol. The van der Waals surface area contributed by atoms with E-state index in [1.165, 1.54) is 23.1 Å². The summed E-state index contributed by atoms with van der Waals surface area (Å²) in [4.78, 5) is 40.9. The van der Waals surface area contributed by atoms with E-state index in [-0.39, 0.29) is 11.6 Å². The van der Waals surface area contributed by atoms with Crippen molar-refractivity contribution in [2.75, 3.05) is 10.6 Å². The highest BCUT2D eigenvalue weighted by Crippen LogP contribution is 2.36. The Morgan fingerprint density at radius 2 is 1.42 bits per heavy atom. The Hall–Kier alpha value is -6.21. The quantitative estimate of drug-likeness (QED) is 0.0913. The van der Waals surface area contributed by atoms with Crippen molar-refractivity contribution in [3.05, 3.63) is 167 Å². The highest BCUT2D eigenvalue weighted by molar-refractivity contribution is 8.00. The minimum Gasteiger partial charge on any atom is -0.321 e. The SMILES string of the molecule is Cc1ccc(-c2csc(NC(=O)C(C)Sc3cccc(NC(=O)/C(=C\c4ccc(-c5ccccc5)cc4)NC(=O)c4ccccc4)c3)c2C#N)cc1. The topological polar surface area (TPSA) is 111 Å². The molecule has 3 amide bonds. The van der Waals surface area contributed by atoms with Gasteiger partial charge in [0.1, 0.15) is 16.8 Å². The summed E-state index contributed by atoms with van der Waals surface area (Å²) < 4.78 is 0. The van der Waals surface area contributed by atoms with Gasteiger partial charge < -0.3 is 16.0 Å². The van der Waals surface area contributed by atoms with Crippen LogP contribution in [0.15, 0.2) is 149 Å². The third-order valence-corrected chi connectivity index (χ3v) is 10.1. The number of benzene rings is 5. The van der Waals surface area contributed by atoms with Gasteiger partial charge in [-0.15, -0.1) is 23.1 Å². The van der Waals surface area contributed by atoms with Crippen molar-refractivity contribution in [3.63, 3.8) is 0 Å². The molecule has 9 heteroatoms. The summed E-state index contributed by atoms with van der Waals surface area (Å²) in [5, 5.41) is 20.4. The molecule has 0 spiro atoms. The first-order valence-corrected chi connectivity index (χ1v) is 18.2. The van der Waals surface area contributed by atoms with E-state index in [9.17, 15) is 19.6 Å². The van der Waals surface area contributed by atoms with Gasteiger partial charge in [0.05, 0.1) is 10.8 Å². The maximum absolute atomic E-state index is 13.7. The number of nitrogens with zero attached hydrogens (tertiary/aromatic N) is 1. The summed E-state index contributed by atoms with van der Waals surface area (Å²) in [6.07, 6.45) is 1.64. The molecule has 0 fully saturated rings. The number of amides is 3. The summed E-state index contributed by atoms with van der Waals surface area (Å²) in [7, 11) is 0. The molecule has 6 aromatic rings. The monoisotopic (exact) mass is 718 g/mol. The molecule has 0 aliphatic carbocycles. The third-order valence-electron chi connectivity index (χ3n) is 8.13. The molecular formula is C43H34N4O3S2. The second-order valence-corrected chi connectivity index (χ2v) is 14.2. The largest absolute Gasteiger partial charge is 0.321 e. The Bertz CT molecular complexity index is 2280. The smallest absolute Gasteiger partial charge is 0.272 e. The third kappa shape index (κ3) is 8.92. The highest BCUT2D eigenvalue weighted by atomic mass is 32.2. The van der Waals surface area contributed by atoms with E-state index < -0.39 is 17.1 Å². The van der Waals surface area contributed by atoms with Gasteiger partial charge in [-0.05, 0) is 72.5 Å². The normalized spacial score (nSPS) is 11.6. The highest BCUT2D eigenvalue weighted by Gasteiger charge is 2.21. The molecule has 1 unspecified atom stereocenters. The number of aryl methyl sites for hydroxylation is 1. The Morgan fingerprint density at radius 1 is 0.769 bits per heavy atom. The van der Waals surface area contributed by atoms with Crippen LogP contribution in [-0.2, 0) is 9.59 Å². The number of carbonyl (C=O) groups excluding carboxylic acids is 3. The van der Waals surface area contributed by atoms with Crippen molar-refractivity contribution < 1.29 is 14.4 Å². The van der Waals surface area contributed by atoms with Gasteiger partial charge in [0.2, 0.25) is 5.91 Å². The zero-order valence-electron chi connectivity index (χ0n) is 28.4. The van der Waals surface area contributed by atoms with Crippen LogP contribution in [0.3, 0.4) is 0 Å². The Morgan fingerprint density at radius 3 is 2.12 bits per heavy atom. The van der Waals surface area contributed by atoms with E-state index in [0.29, 0.717) is 21.8 Å². The predicted octanol–water partition coefficient (Wildman–Crippen LogP) is 9.79. The van der Waals surface area contributed by atoms with E-state index in [0.717, 1.165) is 38.3 Å². The lowest BCUT2D eigenvalue weighted by molar-refractivity contribution is -0.115. The van der Waals surface area contributed by atoms with Gasteiger partial charge in [0.15, 0.2) is 0 Å². The van der Waals surface area contributed by atoms with Crippen LogP contribution in [0, 0.1) is 18.3 Å². The number of anilines is 2. The van der Waals surface area contributed by atoms with Crippen LogP contribution in [0.25, 0.3) is 28.3 Å². The lowest BCUT2D eigenvalue weighted by Crippen LogP contribution is -2.30. The Balaban J connectivity index is 1.16. The minimum absolute atomic E-state index is 0.0707. The number of carbonyl (C=O) groups is 3. The van der Waals surface area contributed by atoms with E-state index >= 15 is 0 Å². The molecule has 7 nitrogen and oxygen atoms in total. The lowest BCUT2D eigenvalue weighted by Gasteiger charge is -2.14. The van der Waals surface area contributed by atoms with Gasteiger partial charge in [-0.25, -0.2) is 0 Å². The molecule has 0 bridgehead atoms. The first kappa shape index (κ1) is 35.6. The van der Waals surface area contributed by atoms with Gasteiger partial charge in [-0.1, -0.05) is 109 Å². The number of hydrogen-bond donors (Lipinski definition) is 3. The zero-order chi connectivity index (χ0) is 36.5. The molecule has 3 N–H and O–H groups in total. The van der Waals surface area contributed by atoms with Gasteiger partial charge >= 0.3 is 0 Å². The summed E-state index contributed by atoms with van der Waals surface area (Å²) >= 11 is 2.64. The standard InChI is InChI=1S/C43H34N4O3S2/c1-28-16-20-33(21-17-28)38-27-51-43(37(38)26-44)47-40(48)29(2)52-36-15-9-14-35(25-36)45-42(50)39(46-41(49)34-12-7-4-8-13-34)24-30-18-22-32(23-19-30)31-10-5-3-6-11-31/h3-25,27,29H,1-2H3,(H,45,50)(H,46,49)(H,47,48)/b39-24+. The molecule has 0 radical (unpaired) electrons. The molecule has 1 atom stereocenters. The summed E-state index contributed by atoms with van der Waals surface area (Å²) in [5.41, 5.74) is 7.07. The molecule has 1 heterocycles. The number of hydrogen-bond acceptors (Lipinski definition) is 6. The van der Waals surface area contributed by atoms with Crippen molar-refractivity contribution in [3.8, 4) is 28.3 Å². The summed E-state index contributed by atoms with van der Waals surface area (Å²) in [6, 6.07) is 43.7. The van der Waals surface area contributed by atoms with Crippen LogP contribution in [0.1, 0.15) is 34.0 Å². The number of nitriles is 1. The lowest BCUT2D eigenvalue weighted by atomic mass is 10.0. The number of thiophene rings is 1. The fourth-order valence-corrected chi connectivity index (χ4v) is 7.18. The molecule has 5 aromatic carbocycles. The van der Waals surface area contributed by atoms with Crippen LogP contribution in [0.4, 0.5) is 10.7 Å². The first-order valence-electron chi connectivity index (χ1n) is 16.5. The van der Waals surface area contributed by atoms with E-state index in [1.807, 2.05) is 103 Å². The molecule has 0 saturated heterocycles. The molecule has 0 aliphatic rings. The fourth-order valence-electron chi connectivity index (χ4n) is 5.33. The average Bonchev–Trinajstić information content (AvgIpc) is 3.58. The van der Waals surface area contributed by atoms with Crippen LogP contribution in [-0.4, -0.2) is 23.0 Å². The van der Waals surface area contributed by atoms with Gasteiger partial charge in [-0.3, -0.25) is 14.4 Å². The summed E-state index contributed by atoms with van der Waals surface area (Å²) in [6.45, 7) is 3.79. The van der Waals surface area contributed by atoms with Crippen molar-refractivity contribution in [1.29, 1.82) is 5.26 Å². The van der Waals surface area contributed by atoms with E-state index in [2.05, 4.69) is 22.0 Å². The first-order chi connectivity index (χ1) is 25.3. The Labute approximate surface area is 311 Å². The van der Waals surface area contributed by atoms with E-state index in [4.69, 9.17) is 0 Å². The van der Waals surface area contributed by atoms with Crippen molar-refractivity contribution in [2.45, 2.75) is 24.0 Å².